The van der Waals surface area contributed by atoms with Gasteiger partial charge in [0.25, 0.3) is 0 Å². The van der Waals surface area contributed by atoms with Crippen LogP contribution in [0.1, 0.15) is 38.1 Å². The van der Waals surface area contributed by atoms with Gasteiger partial charge in [-0.25, -0.2) is 0 Å². The molecule has 6 nitrogen and oxygen atoms in total. The van der Waals surface area contributed by atoms with Crippen LogP contribution in [0.5, 0.6) is 0 Å². The quantitative estimate of drug-likeness (QED) is 0.799. The Morgan fingerprint density at radius 3 is 3.00 bits per heavy atom. The van der Waals surface area contributed by atoms with E-state index in [0.29, 0.717) is 30.7 Å². The maximum atomic E-state index is 11.7. The fraction of sp³-hybridized carbons (Fsp3) is 0.769. The van der Waals surface area contributed by atoms with Gasteiger partial charge in [-0.2, -0.15) is 4.98 Å². The number of hydrogen-bond donors (Lipinski definition) is 0. The first-order valence-electron chi connectivity index (χ1n) is 6.69. The van der Waals surface area contributed by atoms with Gasteiger partial charge in [-0.05, 0) is 13.0 Å². The van der Waals surface area contributed by atoms with Gasteiger partial charge in [0.15, 0.2) is 0 Å². The number of rotatable bonds is 5. The highest BCUT2D eigenvalue weighted by Gasteiger charge is 2.24. The Morgan fingerprint density at radius 1 is 1.53 bits per heavy atom. The summed E-state index contributed by atoms with van der Waals surface area (Å²) in [5.74, 6) is 1.41. The normalized spacial score (nSPS) is 20.9. The van der Waals surface area contributed by atoms with Crippen molar-refractivity contribution in [2.24, 2.45) is 5.92 Å². The maximum Gasteiger partial charge on any atom is 0.234 e. The topological polar surface area (TPSA) is 68.5 Å². The lowest BCUT2D eigenvalue weighted by atomic mass is 10.1. The number of Topliss-reactive ketones (excluding diaryl/α,β-unsaturated/α-hetero) is 1. The number of carbonyl (C=O) groups is 1. The third kappa shape index (κ3) is 4.11. The zero-order valence-corrected chi connectivity index (χ0v) is 11.8. The second kappa shape index (κ2) is 6.25. The number of hydrogen-bond acceptors (Lipinski definition) is 6. The molecule has 0 N–H and O–H groups in total. The summed E-state index contributed by atoms with van der Waals surface area (Å²) in [4.78, 5) is 18.1. The minimum atomic E-state index is -0.156. The van der Waals surface area contributed by atoms with Crippen molar-refractivity contribution in [3.8, 4) is 0 Å². The predicted octanol–water partition coefficient (Wildman–Crippen LogP) is 1.23. The minimum absolute atomic E-state index is 0.131. The number of likely N-dealkylation sites (N-methyl/N-ethyl adjacent to an activating group) is 1. The first-order valence-corrected chi connectivity index (χ1v) is 6.69. The Bertz CT molecular complexity index is 431. The Hall–Kier alpha value is -1.27. The molecular formula is C13H21N3O3. The van der Waals surface area contributed by atoms with Gasteiger partial charge in [-0.1, -0.05) is 19.0 Å². The van der Waals surface area contributed by atoms with Crippen LogP contribution in [0.3, 0.4) is 0 Å². The van der Waals surface area contributed by atoms with E-state index in [0.717, 1.165) is 13.1 Å². The van der Waals surface area contributed by atoms with Gasteiger partial charge in [0.2, 0.25) is 11.7 Å². The molecular weight excluding hydrogens is 246 g/mol. The summed E-state index contributed by atoms with van der Waals surface area (Å²) in [6.45, 7) is 6.36. The Balaban J connectivity index is 1.93. The molecule has 6 heteroatoms. The van der Waals surface area contributed by atoms with Crippen LogP contribution in [0.15, 0.2) is 4.52 Å². The molecule has 2 rings (SSSR count). The van der Waals surface area contributed by atoms with Gasteiger partial charge < -0.3 is 14.2 Å². The zero-order valence-electron chi connectivity index (χ0n) is 11.8. The van der Waals surface area contributed by atoms with E-state index in [9.17, 15) is 4.79 Å². The summed E-state index contributed by atoms with van der Waals surface area (Å²) in [6.07, 6.45) is 0.602. The van der Waals surface area contributed by atoms with E-state index in [-0.39, 0.29) is 18.3 Å². The monoisotopic (exact) mass is 267 g/mol. The molecule has 106 valence electrons. The van der Waals surface area contributed by atoms with Crippen LogP contribution in [0.25, 0.3) is 0 Å². The van der Waals surface area contributed by atoms with Crippen LogP contribution in [0.2, 0.25) is 0 Å². The fourth-order valence-electron chi connectivity index (χ4n) is 2.10. The van der Waals surface area contributed by atoms with Crippen LogP contribution in [0.4, 0.5) is 0 Å². The summed E-state index contributed by atoms with van der Waals surface area (Å²) < 4.78 is 10.7. The van der Waals surface area contributed by atoms with Crippen molar-refractivity contribution in [1.82, 2.24) is 15.0 Å². The number of carbonyl (C=O) groups excluding carboxylic acids is 1. The van der Waals surface area contributed by atoms with Gasteiger partial charge in [0, 0.05) is 19.5 Å². The molecule has 1 saturated heterocycles. The highest BCUT2D eigenvalue weighted by atomic mass is 16.5. The Labute approximate surface area is 113 Å². The molecule has 1 aliphatic heterocycles. The largest absolute Gasteiger partial charge is 0.367 e. The molecule has 1 aromatic heterocycles. The van der Waals surface area contributed by atoms with Gasteiger partial charge in [0.1, 0.15) is 11.9 Å². The van der Waals surface area contributed by atoms with Crippen molar-refractivity contribution in [3.63, 3.8) is 0 Å². The smallest absolute Gasteiger partial charge is 0.234 e. The first kappa shape index (κ1) is 14.1. The van der Waals surface area contributed by atoms with E-state index in [1.807, 2.05) is 20.9 Å². The lowest BCUT2D eigenvalue weighted by molar-refractivity contribution is -0.119. The second-order valence-corrected chi connectivity index (χ2v) is 5.48. The molecule has 0 amide bonds. The van der Waals surface area contributed by atoms with Gasteiger partial charge in [-0.15, -0.1) is 0 Å². The van der Waals surface area contributed by atoms with Crippen molar-refractivity contribution in [2.45, 2.75) is 32.8 Å². The molecule has 2 heterocycles. The van der Waals surface area contributed by atoms with Crippen LogP contribution >= 0.6 is 0 Å². The Kier molecular flexibility index (Phi) is 4.66. The van der Waals surface area contributed by atoms with Crippen molar-refractivity contribution in [2.75, 3.05) is 26.7 Å². The van der Waals surface area contributed by atoms with Crippen molar-refractivity contribution < 1.29 is 14.1 Å². The van der Waals surface area contributed by atoms with E-state index < -0.39 is 0 Å². The zero-order chi connectivity index (χ0) is 13.8. The van der Waals surface area contributed by atoms with E-state index in [2.05, 4.69) is 15.0 Å². The molecule has 1 unspecified atom stereocenters. The Morgan fingerprint density at radius 2 is 2.32 bits per heavy atom. The summed E-state index contributed by atoms with van der Waals surface area (Å²) in [5.41, 5.74) is 0. The fourth-order valence-corrected chi connectivity index (χ4v) is 2.10. The van der Waals surface area contributed by atoms with E-state index in [4.69, 9.17) is 9.26 Å². The highest BCUT2D eigenvalue weighted by Crippen LogP contribution is 2.19. The number of ether oxygens (including phenoxy) is 1. The lowest BCUT2D eigenvalue weighted by Crippen LogP contribution is -2.35. The molecule has 0 saturated carbocycles. The molecule has 1 aliphatic rings. The summed E-state index contributed by atoms with van der Waals surface area (Å²) in [6, 6.07) is 0. The molecule has 0 radical (unpaired) electrons. The van der Waals surface area contributed by atoms with Crippen molar-refractivity contribution in [1.29, 1.82) is 0 Å². The third-order valence-corrected chi connectivity index (χ3v) is 3.03. The molecule has 0 bridgehead atoms. The predicted molar refractivity (Wildman–Crippen MR) is 68.7 cm³/mol. The van der Waals surface area contributed by atoms with Gasteiger partial charge >= 0.3 is 0 Å². The molecule has 1 aromatic rings. The molecule has 0 spiro atoms. The molecule has 0 aromatic carbocycles. The van der Waals surface area contributed by atoms with Crippen LogP contribution < -0.4 is 0 Å². The summed E-state index contributed by atoms with van der Waals surface area (Å²) in [7, 11) is 2.03. The van der Waals surface area contributed by atoms with Crippen molar-refractivity contribution >= 4 is 5.78 Å². The molecule has 0 aliphatic carbocycles. The summed E-state index contributed by atoms with van der Waals surface area (Å²) in [5, 5.41) is 3.92. The van der Waals surface area contributed by atoms with Gasteiger partial charge in [0.05, 0.1) is 13.0 Å². The number of nitrogens with zero attached hydrogens (tertiary/aromatic N) is 3. The van der Waals surface area contributed by atoms with Crippen molar-refractivity contribution in [3.05, 3.63) is 11.7 Å². The average molecular weight is 267 g/mol. The standard InChI is InChI=1S/C13H21N3O3/c1-9(2)6-10(17)7-12-14-13(15-19-12)11-8-16(3)4-5-18-11/h9,11H,4-8H2,1-3H3. The van der Waals surface area contributed by atoms with E-state index in [1.54, 1.807) is 0 Å². The molecule has 1 fully saturated rings. The number of aromatic nitrogens is 2. The molecule has 1 atom stereocenters. The number of ketones is 1. The highest BCUT2D eigenvalue weighted by molar-refractivity contribution is 5.80. The second-order valence-electron chi connectivity index (χ2n) is 5.48. The lowest BCUT2D eigenvalue weighted by Gasteiger charge is -2.27. The maximum absolute atomic E-state index is 11.7. The minimum Gasteiger partial charge on any atom is -0.367 e. The number of morpholine rings is 1. The first-order chi connectivity index (χ1) is 9.04. The van der Waals surface area contributed by atoms with Crippen LogP contribution in [-0.2, 0) is 16.0 Å². The van der Waals surface area contributed by atoms with Crippen LogP contribution in [-0.4, -0.2) is 47.6 Å². The van der Waals surface area contributed by atoms with E-state index in [1.165, 1.54) is 0 Å². The average Bonchev–Trinajstić information content (AvgIpc) is 2.76. The third-order valence-electron chi connectivity index (χ3n) is 3.03. The van der Waals surface area contributed by atoms with E-state index >= 15 is 0 Å². The van der Waals surface area contributed by atoms with Gasteiger partial charge in [-0.3, -0.25) is 4.79 Å². The van der Waals surface area contributed by atoms with Crippen LogP contribution in [0, 0.1) is 5.92 Å². The summed E-state index contributed by atoms with van der Waals surface area (Å²) >= 11 is 0. The molecule has 19 heavy (non-hydrogen) atoms. The SMILES string of the molecule is CC(C)CC(=O)Cc1nc(C2CN(C)CCO2)no1.